The predicted octanol–water partition coefficient (Wildman–Crippen LogP) is -0.558. The van der Waals surface area contributed by atoms with Crippen LogP contribution in [0.4, 0.5) is 0 Å². The SMILES string of the molecule is O=C(O)CNC(=O)c1cc2cccn2[nH]c1=O. The lowest BCUT2D eigenvalue weighted by Crippen LogP contribution is -2.33. The molecule has 2 rings (SSSR count). The fraction of sp³-hybridized carbons (Fsp3) is 0.100. The number of carboxylic acids is 1. The lowest BCUT2D eigenvalue weighted by atomic mass is 10.2. The van der Waals surface area contributed by atoms with Gasteiger partial charge in [0.25, 0.3) is 11.5 Å². The fourth-order valence-corrected chi connectivity index (χ4v) is 1.42. The summed E-state index contributed by atoms with van der Waals surface area (Å²) in [4.78, 5) is 33.4. The molecule has 0 fully saturated rings. The molecule has 2 aromatic rings. The Morgan fingerprint density at radius 1 is 1.47 bits per heavy atom. The molecule has 0 spiro atoms. The van der Waals surface area contributed by atoms with E-state index in [1.165, 1.54) is 10.6 Å². The van der Waals surface area contributed by atoms with Gasteiger partial charge in [-0.2, -0.15) is 0 Å². The van der Waals surface area contributed by atoms with Crippen molar-refractivity contribution in [1.29, 1.82) is 0 Å². The van der Waals surface area contributed by atoms with Gasteiger partial charge in [0, 0.05) is 6.20 Å². The number of carboxylic acid groups (broad SMARTS) is 1. The molecule has 0 radical (unpaired) electrons. The van der Waals surface area contributed by atoms with Crippen molar-refractivity contribution in [2.24, 2.45) is 0 Å². The third-order valence-corrected chi connectivity index (χ3v) is 2.18. The summed E-state index contributed by atoms with van der Waals surface area (Å²) in [6.45, 7) is -0.523. The summed E-state index contributed by atoms with van der Waals surface area (Å²) in [6.07, 6.45) is 1.63. The summed E-state index contributed by atoms with van der Waals surface area (Å²) in [5, 5.41) is 13.0. The summed E-state index contributed by atoms with van der Waals surface area (Å²) < 4.78 is 1.47. The maximum atomic E-state index is 11.5. The number of hydrogen-bond donors (Lipinski definition) is 3. The monoisotopic (exact) mass is 235 g/mol. The predicted molar refractivity (Wildman–Crippen MR) is 58.0 cm³/mol. The van der Waals surface area contributed by atoms with E-state index < -0.39 is 24.0 Å². The summed E-state index contributed by atoms with van der Waals surface area (Å²) in [5.74, 6) is -1.88. The van der Waals surface area contributed by atoms with Crippen LogP contribution in [0.3, 0.4) is 0 Å². The summed E-state index contributed by atoms with van der Waals surface area (Å²) in [5.41, 5.74) is -0.0425. The number of rotatable bonds is 3. The molecule has 7 nitrogen and oxygen atoms in total. The number of carbonyl (C=O) groups is 2. The molecule has 0 atom stereocenters. The van der Waals surface area contributed by atoms with Gasteiger partial charge < -0.3 is 10.4 Å². The molecule has 0 aliphatic carbocycles. The highest BCUT2D eigenvalue weighted by atomic mass is 16.4. The summed E-state index contributed by atoms with van der Waals surface area (Å²) >= 11 is 0. The minimum Gasteiger partial charge on any atom is -0.480 e. The van der Waals surface area contributed by atoms with Crippen LogP contribution in [-0.4, -0.2) is 33.1 Å². The van der Waals surface area contributed by atoms with Gasteiger partial charge in [-0.05, 0) is 18.2 Å². The Kier molecular flexibility index (Phi) is 2.65. The standard InChI is InChI=1S/C10H9N3O4/c14-8(15)5-11-9(16)7-4-6-2-1-3-13(6)12-10(7)17/h1-4H,5H2,(H,11,16)(H,12,17)(H,14,15). The lowest BCUT2D eigenvalue weighted by molar-refractivity contribution is -0.135. The van der Waals surface area contributed by atoms with Crippen LogP contribution in [-0.2, 0) is 4.79 Å². The maximum Gasteiger partial charge on any atom is 0.322 e. The molecule has 3 N–H and O–H groups in total. The zero-order chi connectivity index (χ0) is 12.4. The van der Waals surface area contributed by atoms with Crippen molar-refractivity contribution in [1.82, 2.24) is 14.9 Å². The third-order valence-electron chi connectivity index (χ3n) is 2.18. The number of nitrogens with zero attached hydrogens (tertiary/aromatic N) is 1. The second kappa shape index (κ2) is 4.12. The molecule has 0 saturated heterocycles. The van der Waals surface area contributed by atoms with Crippen molar-refractivity contribution < 1.29 is 14.7 Å². The van der Waals surface area contributed by atoms with Crippen molar-refractivity contribution in [3.8, 4) is 0 Å². The average molecular weight is 235 g/mol. The van der Waals surface area contributed by atoms with Gasteiger partial charge in [0.2, 0.25) is 0 Å². The molecule has 0 aliphatic rings. The van der Waals surface area contributed by atoms with E-state index in [2.05, 4.69) is 10.4 Å². The molecule has 1 amide bonds. The lowest BCUT2D eigenvalue weighted by Gasteiger charge is -2.02. The molecule has 17 heavy (non-hydrogen) atoms. The van der Waals surface area contributed by atoms with Gasteiger partial charge in [-0.15, -0.1) is 0 Å². The first-order valence-corrected chi connectivity index (χ1v) is 4.78. The van der Waals surface area contributed by atoms with Gasteiger partial charge in [0.05, 0.1) is 5.52 Å². The Hall–Kier alpha value is -2.57. The maximum absolute atomic E-state index is 11.5. The number of nitrogens with one attached hydrogen (secondary N) is 2. The minimum atomic E-state index is -1.17. The molecule has 2 aromatic heterocycles. The molecule has 2 heterocycles. The number of aliphatic carboxylic acids is 1. The third kappa shape index (κ3) is 2.17. The van der Waals surface area contributed by atoms with Crippen LogP contribution in [0.1, 0.15) is 10.4 Å². The number of amides is 1. The number of hydrogen-bond acceptors (Lipinski definition) is 3. The van der Waals surface area contributed by atoms with Crippen LogP contribution < -0.4 is 10.9 Å². The summed E-state index contributed by atoms with van der Waals surface area (Å²) in [6, 6.07) is 4.82. The molecule has 7 heteroatoms. The second-order valence-corrected chi connectivity index (χ2v) is 3.38. The first-order chi connectivity index (χ1) is 8.08. The van der Waals surface area contributed by atoms with Crippen molar-refractivity contribution >= 4 is 17.4 Å². The number of carbonyl (C=O) groups excluding carboxylic acids is 1. The molecule has 88 valence electrons. The smallest absolute Gasteiger partial charge is 0.322 e. The van der Waals surface area contributed by atoms with Crippen molar-refractivity contribution in [2.45, 2.75) is 0 Å². The van der Waals surface area contributed by atoms with E-state index in [4.69, 9.17) is 5.11 Å². The van der Waals surface area contributed by atoms with Gasteiger partial charge in [0.1, 0.15) is 12.1 Å². The molecular formula is C10H9N3O4. The molecule has 0 bridgehead atoms. The van der Waals surface area contributed by atoms with Crippen LogP contribution in [0.25, 0.3) is 5.52 Å². The fourth-order valence-electron chi connectivity index (χ4n) is 1.42. The van der Waals surface area contributed by atoms with Crippen LogP contribution in [0, 0.1) is 0 Å². The number of aromatic nitrogens is 2. The molecule has 0 unspecified atom stereocenters. The normalized spacial score (nSPS) is 10.4. The van der Waals surface area contributed by atoms with Crippen molar-refractivity contribution in [3.05, 3.63) is 40.3 Å². The number of aromatic amines is 1. The first-order valence-electron chi connectivity index (χ1n) is 4.78. The summed E-state index contributed by atoms with van der Waals surface area (Å²) in [7, 11) is 0. The minimum absolute atomic E-state index is 0.113. The van der Waals surface area contributed by atoms with Gasteiger partial charge in [-0.1, -0.05) is 0 Å². The van der Waals surface area contributed by atoms with E-state index in [1.54, 1.807) is 18.3 Å². The van der Waals surface area contributed by atoms with E-state index in [0.717, 1.165) is 0 Å². The Labute approximate surface area is 94.7 Å². The topological polar surface area (TPSA) is 104 Å². The molecule has 0 aromatic carbocycles. The van der Waals surface area contributed by atoms with Crippen LogP contribution in [0.5, 0.6) is 0 Å². The Morgan fingerprint density at radius 3 is 2.94 bits per heavy atom. The number of fused-ring (bicyclic) bond motifs is 1. The van der Waals surface area contributed by atoms with E-state index in [9.17, 15) is 14.4 Å². The van der Waals surface area contributed by atoms with Gasteiger partial charge in [-0.3, -0.25) is 24.0 Å². The second-order valence-electron chi connectivity index (χ2n) is 3.38. The first kappa shape index (κ1) is 10.9. The van der Waals surface area contributed by atoms with Crippen molar-refractivity contribution in [2.75, 3.05) is 6.54 Å². The molecule has 0 saturated carbocycles. The van der Waals surface area contributed by atoms with Gasteiger partial charge in [0.15, 0.2) is 0 Å². The molecule has 0 aliphatic heterocycles. The highest BCUT2D eigenvalue weighted by Crippen LogP contribution is 2.02. The van der Waals surface area contributed by atoms with E-state index >= 15 is 0 Å². The van der Waals surface area contributed by atoms with Crippen molar-refractivity contribution in [3.63, 3.8) is 0 Å². The van der Waals surface area contributed by atoms with Crippen LogP contribution >= 0.6 is 0 Å². The van der Waals surface area contributed by atoms with Crippen LogP contribution in [0.15, 0.2) is 29.2 Å². The zero-order valence-corrected chi connectivity index (χ0v) is 8.64. The Bertz CT molecular complexity index is 640. The highest BCUT2D eigenvalue weighted by molar-refractivity contribution is 5.96. The van der Waals surface area contributed by atoms with Gasteiger partial charge in [-0.25, -0.2) is 0 Å². The quantitative estimate of drug-likeness (QED) is 0.663. The van der Waals surface area contributed by atoms with Crippen LogP contribution in [0.2, 0.25) is 0 Å². The zero-order valence-electron chi connectivity index (χ0n) is 8.64. The van der Waals surface area contributed by atoms with E-state index in [0.29, 0.717) is 5.52 Å². The average Bonchev–Trinajstić information content (AvgIpc) is 2.71. The highest BCUT2D eigenvalue weighted by Gasteiger charge is 2.12. The van der Waals surface area contributed by atoms with E-state index in [-0.39, 0.29) is 5.56 Å². The Balaban J connectivity index is 2.34. The molecular weight excluding hydrogens is 226 g/mol. The Morgan fingerprint density at radius 2 is 2.24 bits per heavy atom. The largest absolute Gasteiger partial charge is 0.480 e. The van der Waals surface area contributed by atoms with E-state index in [1.807, 2.05) is 0 Å². The number of H-pyrrole nitrogens is 1. The van der Waals surface area contributed by atoms with Gasteiger partial charge >= 0.3 is 5.97 Å².